The highest BCUT2D eigenvalue weighted by atomic mass is 19.4. The van der Waals surface area contributed by atoms with Crippen LogP contribution in [0.25, 0.3) is 0 Å². The van der Waals surface area contributed by atoms with Gasteiger partial charge >= 0.3 is 53.7 Å². The van der Waals surface area contributed by atoms with Crippen LogP contribution < -0.4 is 0 Å². The van der Waals surface area contributed by atoms with Gasteiger partial charge in [0.05, 0.1) is 0 Å². The zero-order chi connectivity index (χ0) is 27.1. The van der Waals surface area contributed by atoms with Gasteiger partial charge in [-0.2, -0.15) is 65.9 Å². The Balaban J connectivity index is 6.15. The first-order valence-electron chi connectivity index (χ1n) is 7.61. The SMILES string of the molecule is C=CC(=O)OC(C)COC(=O)C(F)(F)C(F)(F)C(F)(F)C(F)(F)C(F)(F)C(F)(F)C(F)(F)F. The van der Waals surface area contributed by atoms with Crippen LogP contribution in [0.2, 0.25) is 0 Å². The Labute approximate surface area is 172 Å². The molecule has 0 aliphatic rings. The van der Waals surface area contributed by atoms with E-state index in [1.54, 1.807) is 0 Å². The van der Waals surface area contributed by atoms with Crippen LogP contribution in [-0.2, 0) is 19.1 Å². The zero-order valence-corrected chi connectivity index (χ0v) is 15.4. The summed E-state index contributed by atoms with van der Waals surface area (Å²) in [5, 5.41) is 0. The van der Waals surface area contributed by atoms with Gasteiger partial charge in [-0.05, 0) is 6.92 Å². The number of esters is 2. The highest BCUT2D eigenvalue weighted by Gasteiger charge is 2.94. The van der Waals surface area contributed by atoms with Crippen LogP contribution in [0.15, 0.2) is 12.7 Å². The first-order chi connectivity index (χ1) is 14.3. The van der Waals surface area contributed by atoms with Crippen molar-refractivity contribution in [3.63, 3.8) is 0 Å². The minimum atomic E-state index is -8.51. The quantitative estimate of drug-likeness (QED) is 0.228. The molecule has 0 aliphatic heterocycles. The molecule has 0 saturated heterocycles. The van der Waals surface area contributed by atoms with Gasteiger partial charge in [0.25, 0.3) is 0 Å². The summed E-state index contributed by atoms with van der Waals surface area (Å²) in [6.45, 7) is 1.91. The van der Waals surface area contributed by atoms with Crippen molar-refractivity contribution < 1.29 is 84.9 Å². The third-order valence-electron chi connectivity index (χ3n) is 3.52. The molecule has 19 heteroatoms. The van der Waals surface area contributed by atoms with Crippen molar-refractivity contribution in [2.75, 3.05) is 6.61 Å². The molecule has 1 unspecified atom stereocenters. The van der Waals surface area contributed by atoms with E-state index in [0.717, 1.165) is 0 Å². The van der Waals surface area contributed by atoms with Gasteiger partial charge in [-0.1, -0.05) is 6.58 Å². The average molecular weight is 526 g/mol. The van der Waals surface area contributed by atoms with Crippen molar-refractivity contribution in [3.05, 3.63) is 12.7 Å². The number of carbonyl (C=O) groups is 2. The number of rotatable bonds is 10. The summed E-state index contributed by atoms with van der Waals surface area (Å²) >= 11 is 0. The molecule has 0 aliphatic carbocycles. The monoisotopic (exact) mass is 526 g/mol. The number of halogens is 15. The van der Waals surface area contributed by atoms with Gasteiger partial charge in [0.15, 0.2) is 0 Å². The van der Waals surface area contributed by atoms with Gasteiger partial charge in [0.1, 0.15) is 12.7 Å². The molecular weight excluding hydrogens is 517 g/mol. The molecule has 0 aromatic rings. The largest absolute Gasteiger partial charge is 0.460 e. The molecule has 0 aromatic heterocycles. The van der Waals surface area contributed by atoms with Crippen molar-refractivity contribution >= 4 is 11.9 Å². The Hall–Kier alpha value is -2.37. The number of hydrogen-bond donors (Lipinski definition) is 0. The van der Waals surface area contributed by atoms with Crippen LogP contribution >= 0.6 is 0 Å². The molecule has 33 heavy (non-hydrogen) atoms. The molecule has 1 atom stereocenters. The second-order valence-electron chi connectivity index (χ2n) is 5.99. The lowest BCUT2D eigenvalue weighted by Gasteiger charge is -2.40. The normalized spacial score (nSPS) is 15.6. The minimum absolute atomic E-state index is 0.445. The lowest BCUT2D eigenvalue weighted by molar-refractivity contribution is -0.450. The van der Waals surface area contributed by atoms with Crippen LogP contribution in [-0.4, -0.2) is 66.4 Å². The zero-order valence-electron chi connectivity index (χ0n) is 15.4. The maximum absolute atomic E-state index is 13.5. The molecule has 0 rings (SSSR count). The topological polar surface area (TPSA) is 52.6 Å². The molecule has 4 nitrogen and oxygen atoms in total. The van der Waals surface area contributed by atoms with E-state index < -0.39 is 66.4 Å². The number of ether oxygens (including phenoxy) is 2. The third kappa shape index (κ3) is 4.80. The molecule has 0 N–H and O–H groups in total. The van der Waals surface area contributed by atoms with E-state index in [4.69, 9.17) is 0 Å². The van der Waals surface area contributed by atoms with Crippen molar-refractivity contribution in [1.82, 2.24) is 0 Å². The van der Waals surface area contributed by atoms with E-state index in [-0.39, 0.29) is 0 Å². The van der Waals surface area contributed by atoms with Gasteiger partial charge in [0, 0.05) is 6.08 Å². The molecule has 0 heterocycles. The number of alkyl halides is 15. The van der Waals surface area contributed by atoms with E-state index >= 15 is 0 Å². The number of carbonyl (C=O) groups excluding carboxylic acids is 2. The van der Waals surface area contributed by atoms with Crippen LogP contribution in [0.3, 0.4) is 0 Å². The Morgan fingerprint density at radius 3 is 1.45 bits per heavy atom. The lowest BCUT2D eigenvalue weighted by Crippen LogP contribution is -2.73. The van der Waals surface area contributed by atoms with Crippen LogP contribution in [0, 0.1) is 0 Å². The molecule has 0 fully saturated rings. The molecule has 194 valence electrons. The minimum Gasteiger partial charge on any atom is -0.457 e. The predicted octanol–water partition coefficient (Wildman–Crippen LogP) is 5.02. The first kappa shape index (κ1) is 30.6. The molecular formula is C14H9F15O4. The Morgan fingerprint density at radius 2 is 1.09 bits per heavy atom. The summed E-state index contributed by atoms with van der Waals surface area (Å²) in [6.07, 6.45) is -9.08. The Morgan fingerprint density at radius 1 is 0.727 bits per heavy atom. The fourth-order valence-corrected chi connectivity index (χ4v) is 1.66. The third-order valence-corrected chi connectivity index (χ3v) is 3.52. The average Bonchev–Trinajstić information content (AvgIpc) is 2.63. The van der Waals surface area contributed by atoms with E-state index in [1.165, 1.54) is 0 Å². The molecule has 0 saturated carbocycles. The van der Waals surface area contributed by atoms with Crippen LogP contribution in [0.1, 0.15) is 6.92 Å². The second kappa shape index (κ2) is 8.77. The summed E-state index contributed by atoms with van der Waals surface area (Å²) in [4.78, 5) is 21.8. The molecule has 0 radical (unpaired) electrons. The van der Waals surface area contributed by atoms with E-state index in [9.17, 15) is 75.4 Å². The maximum atomic E-state index is 13.5. The second-order valence-corrected chi connectivity index (χ2v) is 5.99. The number of hydrogen-bond acceptors (Lipinski definition) is 4. The Kier molecular flexibility index (Phi) is 8.14. The van der Waals surface area contributed by atoms with Gasteiger partial charge < -0.3 is 9.47 Å². The highest BCUT2D eigenvalue weighted by Crippen LogP contribution is 2.62. The van der Waals surface area contributed by atoms with Crippen molar-refractivity contribution in [2.24, 2.45) is 0 Å². The predicted molar refractivity (Wildman–Crippen MR) is 72.4 cm³/mol. The van der Waals surface area contributed by atoms with Crippen molar-refractivity contribution in [3.8, 4) is 0 Å². The van der Waals surface area contributed by atoms with Crippen molar-refractivity contribution in [2.45, 2.75) is 54.7 Å². The van der Waals surface area contributed by atoms with Crippen LogP contribution in [0.5, 0.6) is 0 Å². The van der Waals surface area contributed by atoms with Gasteiger partial charge in [-0.25, -0.2) is 9.59 Å². The summed E-state index contributed by atoms with van der Waals surface area (Å²) in [5.74, 6) is -53.8. The summed E-state index contributed by atoms with van der Waals surface area (Å²) < 4.78 is 202. The molecule has 0 bridgehead atoms. The van der Waals surface area contributed by atoms with E-state index in [0.29, 0.717) is 13.0 Å². The maximum Gasteiger partial charge on any atom is 0.460 e. The van der Waals surface area contributed by atoms with Gasteiger partial charge in [0.2, 0.25) is 0 Å². The summed E-state index contributed by atoms with van der Waals surface area (Å²) in [5.41, 5.74) is 0. The molecule has 0 amide bonds. The van der Waals surface area contributed by atoms with Gasteiger partial charge in [-0.15, -0.1) is 0 Å². The fourth-order valence-electron chi connectivity index (χ4n) is 1.66. The Bertz CT molecular complexity index is 756. The van der Waals surface area contributed by atoms with E-state index in [2.05, 4.69) is 16.1 Å². The van der Waals surface area contributed by atoms with Crippen molar-refractivity contribution in [1.29, 1.82) is 0 Å². The van der Waals surface area contributed by atoms with E-state index in [1.807, 2.05) is 0 Å². The van der Waals surface area contributed by atoms with Crippen LogP contribution in [0.4, 0.5) is 65.9 Å². The fraction of sp³-hybridized carbons (Fsp3) is 0.714. The first-order valence-corrected chi connectivity index (χ1v) is 7.61. The lowest BCUT2D eigenvalue weighted by atomic mass is 9.91. The van der Waals surface area contributed by atoms with Gasteiger partial charge in [-0.3, -0.25) is 0 Å². The smallest absolute Gasteiger partial charge is 0.457 e. The molecule has 0 aromatic carbocycles. The molecule has 0 spiro atoms. The highest BCUT2D eigenvalue weighted by molar-refractivity contribution is 5.81. The summed E-state index contributed by atoms with van der Waals surface area (Å²) in [6, 6.07) is 0. The summed E-state index contributed by atoms with van der Waals surface area (Å²) in [7, 11) is 0. The standard InChI is InChI=1S/C14H9F15O4/c1-3-6(30)33-5(2)4-32-7(31)8(15,16)9(17,18)10(19,20)11(21,22)12(23,24)13(25,26)14(27,28)29/h3,5H,1,4H2,2H3.